The highest BCUT2D eigenvalue weighted by atomic mass is 35.5. The van der Waals surface area contributed by atoms with Crippen LogP contribution in [0.3, 0.4) is 0 Å². The van der Waals surface area contributed by atoms with Gasteiger partial charge in [-0.05, 0) is 35.4 Å². The normalized spacial score (nSPS) is 10.2. The van der Waals surface area contributed by atoms with Crippen LogP contribution >= 0.6 is 11.6 Å². The predicted molar refractivity (Wildman–Crippen MR) is 68.1 cm³/mol. The highest BCUT2D eigenvalue weighted by Gasteiger charge is 1.97. The van der Waals surface area contributed by atoms with Crippen molar-refractivity contribution in [3.05, 3.63) is 64.7 Å². The number of benzene rings is 2. The van der Waals surface area contributed by atoms with Crippen molar-refractivity contribution in [2.24, 2.45) is 0 Å². The van der Waals surface area contributed by atoms with Crippen LogP contribution in [0.25, 0.3) is 0 Å². The zero-order valence-corrected chi connectivity index (χ0v) is 10.0. The van der Waals surface area contributed by atoms with Crippen LogP contribution < -0.4 is 4.74 Å². The molecular formula is C14H13ClO2. The highest BCUT2D eigenvalue weighted by molar-refractivity contribution is 6.30. The standard InChI is InChI=1S/C14H13ClO2/c15-13-5-7-14(8-6-13)17-10-12-3-1-11(9-16)2-4-12/h1-8,16H,9-10H2. The van der Waals surface area contributed by atoms with E-state index in [4.69, 9.17) is 21.4 Å². The van der Waals surface area contributed by atoms with Crippen molar-refractivity contribution in [1.82, 2.24) is 0 Å². The third kappa shape index (κ3) is 3.48. The Morgan fingerprint density at radius 2 is 1.47 bits per heavy atom. The zero-order chi connectivity index (χ0) is 12.1. The fourth-order valence-electron chi connectivity index (χ4n) is 1.44. The molecule has 0 radical (unpaired) electrons. The van der Waals surface area contributed by atoms with Gasteiger partial charge in [0, 0.05) is 5.02 Å². The molecule has 1 N–H and O–H groups in total. The van der Waals surface area contributed by atoms with E-state index in [1.807, 2.05) is 36.4 Å². The zero-order valence-electron chi connectivity index (χ0n) is 9.27. The van der Waals surface area contributed by atoms with Crippen LogP contribution in [0, 0.1) is 0 Å². The van der Waals surface area contributed by atoms with Gasteiger partial charge in [-0.15, -0.1) is 0 Å². The lowest BCUT2D eigenvalue weighted by atomic mass is 10.1. The Labute approximate surface area is 105 Å². The lowest BCUT2D eigenvalue weighted by Gasteiger charge is -2.06. The topological polar surface area (TPSA) is 29.5 Å². The molecule has 0 bridgehead atoms. The van der Waals surface area contributed by atoms with Gasteiger partial charge >= 0.3 is 0 Å². The summed E-state index contributed by atoms with van der Waals surface area (Å²) in [5, 5.41) is 9.62. The lowest BCUT2D eigenvalue weighted by Crippen LogP contribution is -1.95. The van der Waals surface area contributed by atoms with Crippen LogP contribution in [-0.2, 0) is 13.2 Å². The van der Waals surface area contributed by atoms with Crippen LogP contribution in [0.4, 0.5) is 0 Å². The molecule has 88 valence electrons. The average Bonchev–Trinajstić information content (AvgIpc) is 2.39. The molecule has 2 aromatic carbocycles. The Bertz CT molecular complexity index is 463. The Hall–Kier alpha value is -1.51. The lowest BCUT2D eigenvalue weighted by molar-refractivity contribution is 0.281. The first-order valence-electron chi connectivity index (χ1n) is 5.35. The van der Waals surface area contributed by atoms with Gasteiger partial charge in [-0.3, -0.25) is 0 Å². The molecule has 0 spiro atoms. The summed E-state index contributed by atoms with van der Waals surface area (Å²) in [6.07, 6.45) is 0. The number of ether oxygens (including phenoxy) is 1. The SMILES string of the molecule is OCc1ccc(COc2ccc(Cl)cc2)cc1. The average molecular weight is 249 g/mol. The molecule has 0 saturated heterocycles. The molecule has 17 heavy (non-hydrogen) atoms. The summed E-state index contributed by atoms with van der Waals surface area (Å²) in [7, 11) is 0. The van der Waals surface area contributed by atoms with Gasteiger partial charge in [-0.1, -0.05) is 35.9 Å². The van der Waals surface area contributed by atoms with E-state index in [-0.39, 0.29) is 6.61 Å². The van der Waals surface area contributed by atoms with E-state index in [0.29, 0.717) is 11.6 Å². The minimum atomic E-state index is 0.0678. The molecule has 0 unspecified atom stereocenters. The molecule has 2 rings (SSSR count). The molecule has 0 amide bonds. The number of rotatable bonds is 4. The van der Waals surface area contributed by atoms with E-state index >= 15 is 0 Å². The van der Waals surface area contributed by atoms with E-state index in [0.717, 1.165) is 16.9 Å². The van der Waals surface area contributed by atoms with Gasteiger partial charge in [0.05, 0.1) is 6.61 Å². The molecule has 0 saturated carbocycles. The fraction of sp³-hybridized carbons (Fsp3) is 0.143. The van der Waals surface area contributed by atoms with Crippen molar-refractivity contribution in [2.75, 3.05) is 0 Å². The van der Waals surface area contributed by atoms with Crippen LogP contribution in [0.15, 0.2) is 48.5 Å². The monoisotopic (exact) mass is 248 g/mol. The maximum Gasteiger partial charge on any atom is 0.119 e. The minimum absolute atomic E-state index is 0.0678. The first-order chi connectivity index (χ1) is 8.28. The number of hydrogen-bond acceptors (Lipinski definition) is 2. The fourth-order valence-corrected chi connectivity index (χ4v) is 1.56. The molecule has 2 aromatic rings. The summed E-state index contributed by atoms with van der Waals surface area (Å²) in [6, 6.07) is 14.9. The van der Waals surface area contributed by atoms with Crippen molar-refractivity contribution >= 4 is 11.6 Å². The van der Waals surface area contributed by atoms with E-state index < -0.39 is 0 Å². The molecular weight excluding hydrogens is 236 g/mol. The minimum Gasteiger partial charge on any atom is -0.489 e. The van der Waals surface area contributed by atoms with Crippen molar-refractivity contribution in [1.29, 1.82) is 0 Å². The summed E-state index contributed by atoms with van der Waals surface area (Å²) in [5.74, 6) is 0.792. The van der Waals surface area contributed by atoms with Crippen molar-refractivity contribution < 1.29 is 9.84 Å². The molecule has 0 heterocycles. The summed E-state index contributed by atoms with van der Waals surface area (Å²) < 4.78 is 5.60. The van der Waals surface area contributed by atoms with Crippen LogP contribution in [0.2, 0.25) is 5.02 Å². The first-order valence-corrected chi connectivity index (χ1v) is 5.73. The van der Waals surface area contributed by atoms with Gasteiger partial charge in [0.15, 0.2) is 0 Å². The Balaban J connectivity index is 1.95. The Morgan fingerprint density at radius 1 is 0.882 bits per heavy atom. The largest absolute Gasteiger partial charge is 0.489 e. The van der Waals surface area contributed by atoms with Crippen molar-refractivity contribution in [3.8, 4) is 5.75 Å². The van der Waals surface area contributed by atoms with Crippen molar-refractivity contribution in [3.63, 3.8) is 0 Å². The van der Waals surface area contributed by atoms with Gasteiger partial charge in [0.2, 0.25) is 0 Å². The third-order valence-corrected chi connectivity index (χ3v) is 2.68. The number of aliphatic hydroxyl groups is 1. The molecule has 2 nitrogen and oxygen atoms in total. The van der Waals surface area contributed by atoms with E-state index in [9.17, 15) is 0 Å². The van der Waals surface area contributed by atoms with E-state index in [1.165, 1.54) is 0 Å². The maximum absolute atomic E-state index is 8.92. The summed E-state index contributed by atoms with van der Waals surface area (Å²) in [6.45, 7) is 0.575. The summed E-state index contributed by atoms with van der Waals surface area (Å²) in [5.41, 5.74) is 1.97. The smallest absolute Gasteiger partial charge is 0.119 e. The second-order valence-electron chi connectivity index (χ2n) is 3.72. The highest BCUT2D eigenvalue weighted by Crippen LogP contribution is 2.17. The quantitative estimate of drug-likeness (QED) is 0.899. The number of aliphatic hydroxyl groups excluding tert-OH is 1. The molecule has 0 atom stereocenters. The first kappa shape index (κ1) is 12.0. The predicted octanol–water partition coefficient (Wildman–Crippen LogP) is 3.41. The third-order valence-electron chi connectivity index (χ3n) is 2.42. The van der Waals surface area contributed by atoms with E-state index in [1.54, 1.807) is 12.1 Å². The van der Waals surface area contributed by atoms with Gasteiger partial charge in [0.1, 0.15) is 12.4 Å². The molecule has 3 heteroatoms. The van der Waals surface area contributed by atoms with Crippen molar-refractivity contribution in [2.45, 2.75) is 13.2 Å². The number of halogens is 1. The van der Waals surface area contributed by atoms with E-state index in [2.05, 4.69) is 0 Å². The molecule has 0 aromatic heterocycles. The van der Waals surface area contributed by atoms with Gasteiger partial charge in [-0.25, -0.2) is 0 Å². The molecule has 0 aliphatic heterocycles. The van der Waals surface area contributed by atoms with Crippen LogP contribution in [0.5, 0.6) is 5.75 Å². The maximum atomic E-state index is 8.92. The molecule has 0 fully saturated rings. The van der Waals surface area contributed by atoms with Gasteiger partial charge in [-0.2, -0.15) is 0 Å². The number of hydrogen-bond donors (Lipinski definition) is 1. The second-order valence-corrected chi connectivity index (χ2v) is 4.15. The Morgan fingerprint density at radius 3 is 2.06 bits per heavy atom. The molecule has 0 aliphatic carbocycles. The van der Waals surface area contributed by atoms with Gasteiger partial charge < -0.3 is 9.84 Å². The van der Waals surface area contributed by atoms with Crippen LogP contribution in [0.1, 0.15) is 11.1 Å². The van der Waals surface area contributed by atoms with Crippen LogP contribution in [-0.4, -0.2) is 5.11 Å². The Kier molecular flexibility index (Phi) is 4.02. The summed E-state index contributed by atoms with van der Waals surface area (Å²) >= 11 is 5.78. The summed E-state index contributed by atoms with van der Waals surface area (Å²) in [4.78, 5) is 0. The molecule has 0 aliphatic rings. The van der Waals surface area contributed by atoms with Gasteiger partial charge in [0.25, 0.3) is 0 Å². The second kappa shape index (κ2) is 5.71.